The molecule has 0 unspecified atom stereocenters. The molecule has 1 aromatic heterocycles. The standard InChI is InChI=1S/C26H26Cl2N6O6/c27-18-5-15-9-33(25(39)13-1-2-14-7-30-32-19(14)6-13)4-3-17(15)23(28)22(18)24(38)31-16(12-35)8-29-26(40)34-10-20(36)21(37)11-34/h1-2,5-7,12,16,20-21,36-37H,3-4,8-11H2,(H,29,40)(H,30,32)(H,31,38)/t16-,20+,21+/m0/s1. The van der Waals surface area contributed by atoms with Crippen LogP contribution in [0.2, 0.25) is 10.0 Å². The Bertz CT molecular complexity index is 1490. The third-order valence-electron chi connectivity index (χ3n) is 7.11. The number of aromatic amines is 1. The van der Waals surface area contributed by atoms with Crippen molar-refractivity contribution in [2.75, 3.05) is 26.2 Å². The molecule has 2 aliphatic rings. The van der Waals surface area contributed by atoms with Crippen LogP contribution in [0.15, 0.2) is 30.5 Å². The molecule has 0 bridgehead atoms. The number of carbonyl (C=O) groups excluding carboxylic acids is 4. The maximum absolute atomic E-state index is 13.2. The van der Waals surface area contributed by atoms with Gasteiger partial charge in [-0.25, -0.2) is 4.79 Å². The molecule has 2 aliphatic heterocycles. The maximum atomic E-state index is 13.2. The third-order valence-corrected chi connectivity index (χ3v) is 7.82. The number of aromatic nitrogens is 2. The van der Waals surface area contributed by atoms with Crippen LogP contribution < -0.4 is 10.6 Å². The monoisotopic (exact) mass is 588 g/mol. The highest BCUT2D eigenvalue weighted by Gasteiger charge is 2.33. The molecule has 12 nitrogen and oxygen atoms in total. The van der Waals surface area contributed by atoms with Crippen molar-refractivity contribution in [3.8, 4) is 0 Å². The Morgan fingerprint density at radius 2 is 1.90 bits per heavy atom. The summed E-state index contributed by atoms with van der Waals surface area (Å²) >= 11 is 13.1. The molecule has 1 fully saturated rings. The summed E-state index contributed by atoms with van der Waals surface area (Å²) in [5.74, 6) is -0.854. The van der Waals surface area contributed by atoms with E-state index in [9.17, 15) is 29.4 Å². The van der Waals surface area contributed by atoms with Gasteiger partial charge in [0, 0.05) is 30.6 Å². The minimum absolute atomic E-state index is 0.00415. The number of hydrogen-bond donors (Lipinski definition) is 5. The summed E-state index contributed by atoms with van der Waals surface area (Å²) in [6.45, 7) is 0.303. The van der Waals surface area contributed by atoms with Gasteiger partial charge in [0.05, 0.1) is 52.6 Å². The van der Waals surface area contributed by atoms with Gasteiger partial charge in [0.25, 0.3) is 11.8 Å². The van der Waals surface area contributed by atoms with Crippen molar-refractivity contribution in [2.24, 2.45) is 0 Å². The first-order valence-corrected chi connectivity index (χ1v) is 13.3. The second kappa shape index (κ2) is 11.4. The number of nitrogens with zero attached hydrogens (tertiary/aromatic N) is 3. The van der Waals surface area contributed by atoms with E-state index in [0.29, 0.717) is 35.9 Å². The molecule has 0 spiro atoms. The van der Waals surface area contributed by atoms with Gasteiger partial charge in [-0.15, -0.1) is 0 Å². The molecule has 0 radical (unpaired) electrons. The Morgan fingerprint density at radius 1 is 1.15 bits per heavy atom. The van der Waals surface area contributed by atoms with Crippen molar-refractivity contribution in [3.05, 3.63) is 62.8 Å². The predicted molar refractivity (Wildman–Crippen MR) is 145 cm³/mol. The van der Waals surface area contributed by atoms with Crippen molar-refractivity contribution in [1.82, 2.24) is 30.6 Å². The lowest BCUT2D eigenvalue weighted by atomic mass is 9.96. The molecule has 1 saturated heterocycles. The molecule has 5 N–H and O–H groups in total. The number of hydrogen-bond acceptors (Lipinski definition) is 7. The molecule has 3 heterocycles. The highest BCUT2D eigenvalue weighted by Crippen LogP contribution is 2.35. The molecule has 2 aromatic carbocycles. The van der Waals surface area contributed by atoms with Crippen LogP contribution in [-0.2, 0) is 17.8 Å². The SMILES string of the molecule is O=C[C@H](CNC(=O)N1C[C@@H](O)[C@H](O)C1)NC(=O)c1c(Cl)cc2c(c1Cl)CCN(C(=O)c1ccc3cn[nH]c3c1)C2. The van der Waals surface area contributed by atoms with Crippen LogP contribution >= 0.6 is 23.2 Å². The summed E-state index contributed by atoms with van der Waals surface area (Å²) in [7, 11) is 0. The first-order chi connectivity index (χ1) is 19.2. The lowest BCUT2D eigenvalue weighted by Crippen LogP contribution is -2.48. The fraction of sp³-hybridized carbons (Fsp3) is 0.346. The topological polar surface area (TPSA) is 168 Å². The van der Waals surface area contributed by atoms with Crippen molar-refractivity contribution < 1.29 is 29.4 Å². The number of likely N-dealkylation sites (tertiary alicyclic amines) is 1. The van der Waals surface area contributed by atoms with E-state index in [1.807, 2.05) is 6.07 Å². The van der Waals surface area contributed by atoms with Gasteiger partial charge in [0.1, 0.15) is 12.3 Å². The van der Waals surface area contributed by atoms with Gasteiger partial charge in [0.15, 0.2) is 0 Å². The second-order valence-electron chi connectivity index (χ2n) is 9.78. The highest BCUT2D eigenvalue weighted by molar-refractivity contribution is 6.40. The Labute approximate surface area is 238 Å². The Morgan fingerprint density at radius 3 is 2.62 bits per heavy atom. The minimum Gasteiger partial charge on any atom is -0.388 e. The van der Waals surface area contributed by atoms with E-state index in [1.165, 1.54) is 4.90 Å². The number of nitrogens with one attached hydrogen (secondary N) is 3. The van der Waals surface area contributed by atoms with Crippen LogP contribution in [-0.4, -0.2) is 98.8 Å². The molecule has 4 amide bonds. The van der Waals surface area contributed by atoms with E-state index >= 15 is 0 Å². The summed E-state index contributed by atoms with van der Waals surface area (Å²) < 4.78 is 0. The fourth-order valence-electron chi connectivity index (χ4n) is 4.90. The first kappa shape index (κ1) is 27.8. The molecule has 0 saturated carbocycles. The number of β-amino-alcohol motifs (C(OH)–C–C–N with tert-alkyl or cyclic N) is 2. The smallest absolute Gasteiger partial charge is 0.317 e. The van der Waals surface area contributed by atoms with Crippen LogP contribution in [0.5, 0.6) is 0 Å². The summed E-state index contributed by atoms with van der Waals surface area (Å²) in [5, 5.41) is 32.2. The molecular formula is C26H26Cl2N6O6. The lowest BCUT2D eigenvalue weighted by Gasteiger charge is -2.30. The highest BCUT2D eigenvalue weighted by atomic mass is 35.5. The van der Waals surface area contributed by atoms with Gasteiger partial charge in [-0.1, -0.05) is 29.3 Å². The number of halogens is 2. The number of H-pyrrole nitrogens is 1. The average Bonchev–Trinajstić information content (AvgIpc) is 3.55. The molecule has 40 heavy (non-hydrogen) atoms. The van der Waals surface area contributed by atoms with E-state index in [-0.39, 0.29) is 47.7 Å². The number of aliphatic hydroxyl groups is 2. The van der Waals surface area contributed by atoms with E-state index in [2.05, 4.69) is 20.8 Å². The average molecular weight is 589 g/mol. The van der Waals surface area contributed by atoms with E-state index < -0.39 is 30.2 Å². The van der Waals surface area contributed by atoms with Gasteiger partial charge in [0.2, 0.25) is 0 Å². The number of benzene rings is 2. The minimum atomic E-state index is -1.09. The molecule has 3 aromatic rings. The van der Waals surface area contributed by atoms with Gasteiger partial charge in [-0.05, 0) is 35.7 Å². The van der Waals surface area contributed by atoms with Crippen LogP contribution in [0, 0.1) is 0 Å². The first-order valence-electron chi connectivity index (χ1n) is 12.5. The quantitative estimate of drug-likeness (QED) is 0.269. The number of aliphatic hydroxyl groups excluding tert-OH is 2. The number of amides is 4. The summed E-state index contributed by atoms with van der Waals surface area (Å²) in [5.41, 5.74) is 2.66. The van der Waals surface area contributed by atoms with Gasteiger partial charge in [-0.2, -0.15) is 5.10 Å². The number of carbonyl (C=O) groups is 4. The largest absolute Gasteiger partial charge is 0.388 e. The van der Waals surface area contributed by atoms with Crippen molar-refractivity contribution in [3.63, 3.8) is 0 Å². The van der Waals surface area contributed by atoms with E-state index in [0.717, 1.165) is 10.9 Å². The van der Waals surface area contributed by atoms with Crippen LogP contribution in [0.25, 0.3) is 10.9 Å². The zero-order chi connectivity index (χ0) is 28.6. The van der Waals surface area contributed by atoms with Crippen LogP contribution in [0.3, 0.4) is 0 Å². The number of rotatable bonds is 6. The Hall–Kier alpha value is -3.71. The van der Waals surface area contributed by atoms with Crippen molar-refractivity contribution >= 4 is 58.2 Å². The summed E-state index contributed by atoms with van der Waals surface area (Å²) in [6.07, 6.45) is 0.452. The summed E-state index contributed by atoms with van der Waals surface area (Å²) in [6, 6.07) is 5.23. The zero-order valence-electron chi connectivity index (χ0n) is 21.1. The van der Waals surface area contributed by atoms with E-state index in [4.69, 9.17) is 23.2 Å². The number of aldehydes is 1. The maximum Gasteiger partial charge on any atom is 0.317 e. The van der Waals surface area contributed by atoms with Crippen molar-refractivity contribution in [2.45, 2.75) is 31.2 Å². The molecule has 210 valence electrons. The number of fused-ring (bicyclic) bond motifs is 2. The van der Waals surface area contributed by atoms with E-state index in [1.54, 1.807) is 29.3 Å². The second-order valence-corrected chi connectivity index (χ2v) is 10.6. The lowest BCUT2D eigenvalue weighted by molar-refractivity contribution is -0.109. The normalized spacial score (nSPS) is 19.3. The predicted octanol–water partition coefficient (Wildman–Crippen LogP) is 1.11. The van der Waals surface area contributed by atoms with Gasteiger partial charge >= 0.3 is 6.03 Å². The van der Waals surface area contributed by atoms with Gasteiger partial charge < -0.3 is 35.4 Å². The molecule has 3 atom stereocenters. The summed E-state index contributed by atoms with van der Waals surface area (Å²) in [4.78, 5) is 53.0. The van der Waals surface area contributed by atoms with Crippen molar-refractivity contribution in [1.29, 1.82) is 0 Å². The molecule has 14 heteroatoms. The molecular weight excluding hydrogens is 563 g/mol. The van der Waals surface area contributed by atoms with Crippen LogP contribution in [0.1, 0.15) is 31.8 Å². The molecule has 0 aliphatic carbocycles. The zero-order valence-corrected chi connectivity index (χ0v) is 22.6. The van der Waals surface area contributed by atoms with Gasteiger partial charge in [-0.3, -0.25) is 14.7 Å². The number of urea groups is 1. The molecule has 5 rings (SSSR count). The Kier molecular flexibility index (Phi) is 7.95. The van der Waals surface area contributed by atoms with Crippen LogP contribution in [0.4, 0.5) is 4.79 Å². The fourth-order valence-corrected chi connectivity index (χ4v) is 5.67. The Balaban J connectivity index is 1.25. The third kappa shape index (κ3) is 5.48.